The molecule has 0 bridgehead atoms. The minimum atomic E-state index is -0.332. The van der Waals surface area contributed by atoms with E-state index in [2.05, 4.69) is 20.8 Å². The first-order valence-corrected chi connectivity index (χ1v) is 8.25. The van der Waals surface area contributed by atoms with Crippen molar-refractivity contribution in [2.75, 3.05) is 5.32 Å². The van der Waals surface area contributed by atoms with Crippen LogP contribution >= 0.6 is 0 Å². The Labute approximate surface area is 156 Å². The minimum absolute atomic E-state index is 0.232. The Hall–Kier alpha value is -3.74. The number of hydrazone groups is 1. The molecular formula is C20H18N4O3. The zero-order valence-electron chi connectivity index (χ0n) is 14.9. The molecule has 0 saturated heterocycles. The number of aryl methyl sites for hydroxylation is 1. The van der Waals surface area contributed by atoms with E-state index in [9.17, 15) is 9.59 Å². The van der Waals surface area contributed by atoms with Crippen molar-refractivity contribution in [2.45, 2.75) is 13.8 Å². The van der Waals surface area contributed by atoms with E-state index in [0.717, 1.165) is 5.56 Å². The molecule has 3 aromatic rings. The average Bonchev–Trinajstić information content (AvgIpc) is 3.13. The van der Waals surface area contributed by atoms with Gasteiger partial charge in [0.15, 0.2) is 0 Å². The molecule has 136 valence electrons. The molecule has 2 heterocycles. The molecule has 0 aliphatic rings. The molecule has 27 heavy (non-hydrogen) atoms. The normalized spacial score (nSPS) is 11.1. The van der Waals surface area contributed by atoms with Gasteiger partial charge >= 0.3 is 0 Å². The first kappa shape index (κ1) is 18.1. The minimum Gasteiger partial charge on any atom is -0.469 e. The smallest absolute Gasteiger partial charge is 0.274 e. The second-order valence-electron chi connectivity index (χ2n) is 5.80. The fourth-order valence-electron chi connectivity index (χ4n) is 2.38. The second-order valence-corrected chi connectivity index (χ2v) is 5.80. The molecule has 7 heteroatoms. The third-order valence-electron chi connectivity index (χ3n) is 3.91. The van der Waals surface area contributed by atoms with E-state index in [1.54, 1.807) is 50.4 Å². The quantitative estimate of drug-likeness (QED) is 0.537. The van der Waals surface area contributed by atoms with Crippen molar-refractivity contribution in [1.82, 2.24) is 10.4 Å². The Bertz CT molecular complexity index is 976. The van der Waals surface area contributed by atoms with Gasteiger partial charge < -0.3 is 9.73 Å². The summed E-state index contributed by atoms with van der Waals surface area (Å²) in [4.78, 5) is 28.1. The molecule has 2 aromatic heterocycles. The van der Waals surface area contributed by atoms with Crippen molar-refractivity contribution in [1.29, 1.82) is 0 Å². The SMILES string of the molecule is CC(=NNC(=O)c1ccoc1C)c1ccc(NC(=O)c2cccnc2)cc1. The van der Waals surface area contributed by atoms with Crippen LogP contribution < -0.4 is 10.7 Å². The lowest BCUT2D eigenvalue weighted by Gasteiger charge is -2.07. The van der Waals surface area contributed by atoms with Crippen LogP contribution in [0.25, 0.3) is 0 Å². The van der Waals surface area contributed by atoms with Gasteiger partial charge in [0.2, 0.25) is 0 Å². The Morgan fingerprint density at radius 2 is 1.81 bits per heavy atom. The number of nitrogens with zero attached hydrogens (tertiary/aromatic N) is 2. The van der Waals surface area contributed by atoms with Crippen molar-refractivity contribution >= 4 is 23.2 Å². The zero-order chi connectivity index (χ0) is 19.2. The molecule has 0 atom stereocenters. The van der Waals surface area contributed by atoms with Gasteiger partial charge in [0, 0.05) is 18.1 Å². The molecule has 0 aliphatic heterocycles. The molecule has 7 nitrogen and oxygen atoms in total. The standard InChI is InChI=1S/C20H18N4O3/c1-13(23-24-20(26)18-9-11-27-14(18)2)15-5-7-17(8-6-15)22-19(25)16-4-3-10-21-12-16/h3-12H,1-2H3,(H,22,25)(H,24,26). The number of furan rings is 1. The van der Waals surface area contributed by atoms with Crippen LogP contribution in [0, 0.1) is 6.92 Å². The van der Waals surface area contributed by atoms with Crippen LogP contribution in [0.15, 0.2) is 70.6 Å². The molecule has 0 aliphatic carbocycles. The van der Waals surface area contributed by atoms with E-state index < -0.39 is 0 Å². The Morgan fingerprint density at radius 3 is 2.44 bits per heavy atom. The lowest BCUT2D eigenvalue weighted by Crippen LogP contribution is -2.19. The van der Waals surface area contributed by atoms with Gasteiger partial charge in [-0.2, -0.15) is 5.10 Å². The maximum Gasteiger partial charge on any atom is 0.274 e. The number of aromatic nitrogens is 1. The highest BCUT2D eigenvalue weighted by Crippen LogP contribution is 2.12. The van der Waals surface area contributed by atoms with E-state index in [1.165, 1.54) is 12.5 Å². The number of carbonyl (C=O) groups excluding carboxylic acids is 2. The van der Waals surface area contributed by atoms with Crippen molar-refractivity contribution in [3.05, 3.63) is 83.6 Å². The van der Waals surface area contributed by atoms with Gasteiger partial charge in [0.25, 0.3) is 11.8 Å². The van der Waals surface area contributed by atoms with E-state index in [-0.39, 0.29) is 11.8 Å². The predicted octanol–water partition coefficient (Wildman–Crippen LogP) is 3.39. The maximum absolute atomic E-state index is 12.1. The summed E-state index contributed by atoms with van der Waals surface area (Å²) in [6.07, 6.45) is 4.57. The number of benzene rings is 1. The van der Waals surface area contributed by atoms with Crippen LogP contribution in [-0.4, -0.2) is 22.5 Å². The number of amides is 2. The van der Waals surface area contributed by atoms with Crippen molar-refractivity contribution < 1.29 is 14.0 Å². The van der Waals surface area contributed by atoms with Crippen LogP contribution in [0.3, 0.4) is 0 Å². The van der Waals surface area contributed by atoms with Crippen LogP contribution in [0.2, 0.25) is 0 Å². The topological polar surface area (TPSA) is 96.6 Å². The van der Waals surface area contributed by atoms with Gasteiger partial charge in [0.05, 0.1) is 23.1 Å². The van der Waals surface area contributed by atoms with Crippen LogP contribution in [0.5, 0.6) is 0 Å². The molecule has 3 rings (SSSR count). The summed E-state index contributed by atoms with van der Waals surface area (Å²) in [7, 11) is 0. The Morgan fingerprint density at radius 1 is 1.04 bits per heavy atom. The van der Waals surface area contributed by atoms with Crippen molar-refractivity contribution in [3.8, 4) is 0 Å². The van der Waals surface area contributed by atoms with E-state index >= 15 is 0 Å². The maximum atomic E-state index is 12.1. The number of hydrogen-bond acceptors (Lipinski definition) is 5. The molecule has 2 N–H and O–H groups in total. The summed E-state index contributed by atoms with van der Waals surface area (Å²) < 4.78 is 5.11. The highest BCUT2D eigenvalue weighted by molar-refractivity contribution is 6.05. The number of hydrogen-bond donors (Lipinski definition) is 2. The number of rotatable bonds is 5. The van der Waals surface area contributed by atoms with Gasteiger partial charge in [-0.15, -0.1) is 0 Å². The zero-order valence-corrected chi connectivity index (χ0v) is 14.9. The number of carbonyl (C=O) groups is 2. The van der Waals surface area contributed by atoms with Gasteiger partial charge in [-0.3, -0.25) is 14.6 Å². The first-order chi connectivity index (χ1) is 13.0. The molecule has 0 fully saturated rings. The van der Waals surface area contributed by atoms with Crippen molar-refractivity contribution in [2.24, 2.45) is 5.10 Å². The first-order valence-electron chi connectivity index (χ1n) is 8.25. The lowest BCUT2D eigenvalue weighted by molar-refractivity contribution is 0.0952. The molecule has 0 spiro atoms. The molecular weight excluding hydrogens is 344 g/mol. The summed E-state index contributed by atoms with van der Waals surface area (Å²) in [5, 5.41) is 6.91. The number of nitrogens with one attached hydrogen (secondary N) is 2. The summed E-state index contributed by atoms with van der Waals surface area (Å²) in [6.45, 7) is 3.50. The monoisotopic (exact) mass is 362 g/mol. The van der Waals surface area contributed by atoms with Crippen LogP contribution in [0.1, 0.15) is 39.0 Å². The molecule has 0 radical (unpaired) electrons. The number of pyridine rings is 1. The van der Waals surface area contributed by atoms with Crippen LogP contribution in [-0.2, 0) is 0 Å². The third-order valence-corrected chi connectivity index (χ3v) is 3.91. The fraction of sp³-hybridized carbons (Fsp3) is 0.100. The summed E-state index contributed by atoms with van der Waals surface area (Å²) in [5.41, 5.74) is 5.54. The van der Waals surface area contributed by atoms with Gasteiger partial charge in [0.1, 0.15) is 5.76 Å². The van der Waals surface area contributed by atoms with E-state index in [0.29, 0.717) is 28.3 Å². The average molecular weight is 362 g/mol. The highest BCUT2D eigenvalue weighted by atomic mass is 16.3. The number of anilines is 1. The van der Waals surface area contributed by atoms with Gasteiger partial charge in [-0.25, -0.2) is 5.43 Å². The highest BCUT2D eigenvalue weighted by Gasteiger charge is 2.11. The summed E-state index contributed by atoms with van der Waals surface area (Å²) in [6, 6.07) is 12.2. The molecule has 1 aromatic carbocycles. The Balaban J connectivity index is 1.63. The fourth-order valence-corrected chi connectivity index (χ4v) is 2.38. The molecule has 2 amide bonds. The largest absolute Gasteiger partial charge is 0.469 e. The van der Waals surface area contributed by atoms with Crippen LogP contribution in [0.4, 0.5) is 5.69 Å². The third kappa shape index (κ3) is 4.46. The molecule has 0 saturated carbocycles. The second kappa shape index (κ2) is 8.09. The van der Waals surface area contributed by atoms with E-state index in [1.807, 2.05) is 12.1 Å². The van der Waals surface area contributed by atoms with Crippen molar-refractivity contribution in [3.63, 3.8) is 0 Å². The van der Waals surface area contributed by atoms with E-state index in [4.69, 9.17) is 4.42 Å². The Kier molecular flexibility index (Phi) is 5.41. The summed E-state index contributed by atoms with van der Waals surface area (Å²) >= 11 is 0. The summed E-state index contributed by atoms with van der Waals surface area (Å²) in [5.74, 6) is -0.0287. The van der Waals surface area contributed by atoms with Gasteiger partial charge in [-0.05, 0) is 49.7 Å². The lowest BCUT2D eigenvalue weighted by atomic mass is 10.1. The van der Waals surface area contributed by atoms with Gasteiger partial charge in [-0.1, -0.05) is 12.1 Å². The molecule has 0 unspecified atom stereocenters. The predicted molar refractivity (Wildman–Crippen MR) is 102 cm³/mol.